The lowest BCUT2D eigenvalue weighted by Crippen LogP contribution is -2.26. The van der Waals surface area contributed by atoms with Crippen LogP contribution in [0.25, 0.3) is 0 Å². The third-order valence-corrected chi connectivity index (χ3v) is 3.63. The van der Waals surface area contributed by atoms with E-state index >= 15 is 0 Å². The molecule has 0 atom stereocenters. The van der Waals surface area contributed by atoms with Crippen molar-refractivity contribution in [2.45, 2.75) is 40.0 Å². The summed E-state index contributed by atoms with van der Waals surface area (Å²) < 4.78 is 0. The molecule has 0 bridgehead atoms. The highest BCUT2D eigenvalue weighted by Crippen LogP contribution is 2.18. The van der Waals surface area contributed by atoms with Gasteiger partial charge >= 0.3 is 0 Å². The second-order valence-electron chi connectivity index (χ2n) is 5.55. The van der Waals surface area contributed by atoms with E-state index in [0.717, 1.165) is 38.3 Å². The molecule has 0 saturated carbocycles. The number of nitrogens with zero attached hydrogens (tertiary/aromatic N) is 2. The Balaban J connectivity index is 0.00000441. The fourth-order valence-electron chi connectivity index (χ4n) is 2.20. The van der Waals surface area contributed by atoms with Gasteiger partial charge in [-0.05, 0) is 49.7 Å². The van der Waals surface area contributed by atoms with E-state index in [1.165, 1.54) is 5.56 Å². The lowest BCUT2D eigenvalue weighted by atomic mass is 10.0. The molecule has 0 spiro atoms. The molecule has 1 aromatic carbocycles. The molecule has 0 unspecified atom stereocenters. The van der Waals surface area contributed by atoms with Crippen LogP contribution < -0.4 is 11.1 Å². The SMILES string of the molecule is CCN(CC)CCCN=C(N)Nc1cccc(C(C)C)c1.I. The molecule has 0 saturated heterocycles. The standard InChI is InChI=1S/C17H30N4.HI/c1-5-21(6-2)12-8-11-19-17(18)20-16-10-7-9-15(13-16)14(3)4;/h7,9-10,13-14H,5-6,8,11-12H2,1-4H3,(H3,18,19,20);1H. The number of benzene rings is 1. The number of nitrogens with two attached hydrogens (primary N) is 1. The minimum atomic E-state index is 0. The molecule has 0 amide bonds. The molecular formula is C17H31IN4. The predicted molar refractivity (Wildman–Crippen MR) is 108 cm³/mol. The topological polar surface area (TPSA) is 53.6 Å². The van der Waals surface area contributed by atoms with Crippen LogP contribution in [0.2, 0.25) is 0 Å². The number of anilines is 1. The highest BCUT2D eigenvalue weighted by atomic mass is 127. The highest BCUT2D eigenvalue weighted by Gasteiger charge is 2.01. The molecule has 1 aromatic rings. The van der Waals surface area contributed by atoms with E-state index in [0.29, 0.717) is 11.9 Å². The molecule has 4 nitrogen and oxygen atoms in total. The first-order chi connectivity index (χ1) is 10.1. The van der Waals surface area contributed by atoms with Crippen molar-refractivity contribution in [1.29, 1.82) is 0 Å². The van der Waals surface area contributed by atoms with Crippen molar-refractivity contribution in [3.8, 4) is 0 Å². The van der Waals surface area contributed by atoms with Gasteiger partial charge in [0, 0.05) is 12.2 Å². The maximum atomic E-state index is 5.94. The van der Waals surface area contributed by atoms with Crippen LogP contribution in [0, 0.1) is 0 Å². The van der Waals surface area contributed by atoms with Gasteiger partial charge in [0.15, 0.2) is 5.96 Å². The third kappa shape index (κ3) is 7.98. The smallest absolute Gasteiger partial charge is 0.193 e. The van der Waals surface area contributed by atoms with Crippen molar-refractivity contribution in [2.75, 3.05) is 31.5 Å². The molecule has 126 valence electrons. The van der Waals surface area contributed by atoms with E-state index < -0.39 is 0 Å². The lowest BCUT2D eigenvalue weighted by Gasteiger charge is -2.16. The predicted octanol–water partition coefficient (Wildman–Crippen LogP) is 3.89. The Morgan fingerprint density at radius 2 is 1.95 bits per heavy atom. The van der Waals surface area contributed by atoms with Gasteiger partial charge in [-0.15, -0.1) is 24.0 Å². The minimum Gasteiger partial charge on any atom is -0.370 e. The molecule has 1 rings (SSSR count). The average Bonchev–Trinajstić information content (AvgIpc) is 2.47. The molecule has 0 aliphatic carbocycles. The summed E-state index contributed by atoms with van der Waals surface area (Å²) in [7, 11) is 0. The van der Waals surface area contributed by atoms with E-state index in [1.807, 2.05) is 12.1 Å². The molecule has 0 aliphatic rings. The summed E-state index contributed by atoms with van der Waals surface area (Å²) in [5.41, 5.74) is 8.25. The van der Waals surface area contributed by atoms with E-state index in [2.05, 4.69) is 55.0 Å². The van der Waals surface area contributed by atoms with Crippen molar-refractivity contribution in [3.63, 3.8) is 0 Å². The first-order valence-corrected chi connectivity index (χ1v) is 7.96. The second kappa shape index (κ2) is 11.7. The first kappa shape index (κ1) is 21.2. The fraction of sp³-hybridized carbons (Fsp3) is 0.588. The quantitative estimate of drug-likeness (QED) is 0.292. The van der Waals surface area contributed by atoms with Crippen molar-refractivity contribution >= 4 is 35.6 Å². The Morgan fingerprint density at radius 1 is 1.27 bits per heavy atom. The minimum absolute atomic E-state index is 0. The molecule has 22 heavy (non-hydrogen) atoms. The number of aliphatic imine (C=N–C) groups is 1. The average molecular weight is 418 g/mol. The largest absolute Gasteiger partial charge is 0.370 e. The van der Waals surface area contributed by atoms with Crippen LogP contribution in [0.3, 0.4) is 0 Å². The Hall–Kier alpha value is -0.820. The lowest BCUT2D eigenvalue weighted by molar-refractivity contribution is 0.302. The van der Waals surface area contributed by atoms with Crippen LogP contribution in [0.4, 0.5) is 5.69 Å². The molecule has 0 radical (unpaired) electrons. The molecule has 5 heteroatoms. The number of hydrogen-bond donors (Lipinski definition) is 2. The number of nitrogens with one attached hydrogen (secondary N) is 1. The van der Waals surface area contributed by atoms with Crippen molar-refractivity contribution in [2.24, 2.45) is 10.7 Å². The molecule has 3 N–H and O–H groups in total. The second-order valence-corrected chi connectivity index (χ2v) is 5.55. The fourth-order valence-corrected chi connectivity index (χ4v) is 2.20. The van der Waals surface area contributed by atoms with Gasteiger partial charge in [0.1, 0.15) is 0 Å². The zero-order valence-electron chi connectivity index (χ0n) is 14.3. The third-order valence-electron chi connectivity index (χ3n) is 3.63. The Morgan fingerprint density at radius 3 is 2.55 bits per heavy atom. The Kier molecular flexibility index (Phi) is 11.3. The number of hydrogen-bond acceptors (Lipinski definition) is 2. The first-order valence-electron chi connectivity index (χ1n) is 7.96. The van der Waals surface area contributed by atoms with Gasteiger partial charge < -0.3 is 16.0 Å². The summed E-state index contributed by atoms with van der Waals surface area (Å²) in [4.78, 5) is 6.79. The van der Waals surface area contributed by atoms with E-state index in [9.17, 15) is 0 Å². The maximum Gasteiger partial charge on any atom is 0.193 e. The molecule has 0 fully saturated rings. The summed E-state index contributed by atoms with van der Waals surface area (Å²) in [6.07, 6.45) is 1.04. The summed E-state index contributed by atoms with van der Waals surface area (Å²) in [5, 5.41) is 3.17. The normalized spacial score (nSPS) is 11.6. The zero-order valence-corrected chi connectivity index (χ0v) is 16.6. The van der Waals surface area contributed by atoms with Gasteiger partial charge in [-0.2, -0.15) is 0 Å². The number of rotatable bonds is 8. The zero-order chi connectivity index (χ0) is 15.7. The monoisotopic (exact) mass is 418 g/mol. The van der Waals surface area contributed by atoms with Crippen LogP contribution in [0.1, 0.15) is 45.6 Å². The van der Waals surface area contributed by atoms with Crippen LogP contribution in [0.5, 0.6) is 0 Å². The van der Waals surface area contributed by atoms with Crippen LogP contribution in [-0.4, -0.2) is 37.0 Å². The number of halogens is 1. The highest BCUT2D eigenvalue weighted by molar-refractivity contribution is 14.0. The van der Waals surface area contributed by atoms with Crippen LogP contribution in [-0.2, 0) is 0 Å². The van der Waals surface area contributed by atoms with Gasteiger partial charge in [0.05, 0.1) is 0 Å². The van der Waals surface area contributed by atoms with E-state index in [1.54, 1.807) is 0 Å². The summed E-state index contributed by atoms with van der Waals surface area (Å²) in [6.45, 7) is 12.8. The molecule has 0 heterocycles. The van der Waals surface area contributed by atoms with Gasteiger partial charge in [0.2, 0.25) is 0 Å². The molecular weight excluding hydrogens is 387 g/mol. The Labute approximate surface area is 152 Å². The Bertz CT molecular complexity index is 442. The summed E-state index contributed by atoms with van der Waals surface area (Å²) in [6, 6.07) is 8.33. The summed E-state index contributed by atoms with van der Waals surface area (Å²) >= 11 is 0. The van der Waals surface area contributed by atoms with Gasteiger partial charge in [-0.3, -0.25) is 4.99 Å². The van der Waals surface area contributed by atoms with Crippen molar-refractivity contribution in [3.05, 3.63) is 29.8 Å². The van der Waals surface area contributed by atoms with Gasteiger partial charge in [-0.25, -0.2) is 0 Å². The van der Waals surface area contributed by atoms with E-state index in [-0.39, 0.29) is 24.0 Å². The van der Waals surface area contributed by atoms with Crippen LogP contribution >= 0.6 is 24.0 Å². The summed E-state index contributed by atoms with van der Waals surface area (Å²) in [5.74, 6) is 1.01. The van der Waals surface area contributed by atoms with E-state index in [4.69, 9.17) is 5.73 Å². The van der Waals surface area contributed by atoms with Gasteiger partial charge in [-0.1, -0.05) is 39.8 Å². The number of guanidine groups is 1. The molecule has 0 aromatic heterocycles. The van der Waals surface area contributed by atoms with Gasteiger partial charge in [0.25, 0.3) is 0 Å². The molecule has 0 aliphatic heterocycles. The van der Waals surface area contributed by atoms with Crippen LogP contribution in [0.15, 0.2) is 29.3 Å². The van der Waals surface area contributed by atoms with Crippen molar-refractivity contribution < 1.29 is 0 Å². The maximum absolute atomic E-state index is 5.94. The van der Waals surface area contributed by atoms with Crippen molar-refractivity contribution in [1.82, 2.24) is 4.90 Å².